The minimum atomic E-state index is 0.249. The van der Waals surface area contributed by atoms with Gasteiger partial charge in [-0.1, -0.05) is 27.5 Å². The molecule has 2 aromatic carbocycles. The molecule has 0 aromatic heterocycles. The first kappa shape index (κ1) is 13.2. The lowest BCUT2D eigenvalue weighted by Gasteiger charge is -2.10. The topological polar surface area (TPSA) is 32.3 Å². The van der Waals surface area contributed by atoms with Gasteiger partial charge in [0.05, 0.1) is 0 Å². The SMILES string of the molecule is Cc1cc(Br)cc(NCc2cc(Cl)ccc2O)c1. The van der Waals surface area contributed by atoms with Crippen LogP contribution in [-0.2, 0) is 6.54 Å². The first-order valence-electron chi connectivity index (χ1n) is 5.53. The van der Waals surface area contributed by atoms with E-state index in [9.17, 15) is 5.11 Å². The van der Waals surface area contributed by atoms with Crippen molar-refractivity contribution in [2.24, 2.45) is 0 Å². The number of aryl methyl sites for hydroxylation is 1. The van der Waals surface area contributed by atoms with Crippen LogP contribution in [0, 0.1) is 6.92 Å². The predicted octanol–water partition coefficient (Wildman–Crippen LogP) is 4.73. The van der Waals surface area contributed by atoms with E-state index in [1.165, 1.54) is 5.56 Å². The predicted molar refractivity (Wildman–Crippen MR) is 79.3 cm³/mol. The summed E-state index contributed by atoms with van der Waals surface area (Å²) in [5.74, 6) is 0.249. The Bertz CT molecular complexity index is 551. The van der Waals surface area contributed by atoms with Crippen molar-refractivity contribution < 1.29 is 5.11 Å². The van der Waals surface area contributed by atoms with E-state index in [4.69, 9.17) is 11.6 Å². The highest BCUT2D eigenvalue weighted by molar-refractivity contribution is 9.10. The zero-order valence-electron chi connectivity index (χ0n) is 9.87. The monoisotopic (exact) mass is 325 g/mol. The van der Waals surface area contributed by atoms with E-state index in [0.29, 0.717) is 11.6 Å². The molecule has 18 heavy (non-hydrogen) atoms. The maximum atomic E-state index is 9.71. The molecule has 0 aliphatic rings. The fourth-order valence-corrected chi connectivity index (χ4v) is 2.53. The van der Waals surface area contributed by atoms with Crippen molar-refractivity contribution in [1.29, 1.82) is 0 Å². The fraction of sp³-hybridized carbons (Fsp3) is 0.143. The van der Waals surface area contributed by atoms with E-state index in [1.54, 1.807) is 18.2 Å². The van der Waals surface area contributed by atoms with E-state index >= 15 is 0 Å². The van der Waals surface area contributed by atoms with Gasteiger partial charge in [0, 0.05) is 27.3 Å². The van der Waals surface area contributed by atoms with Gasteiger partial charge in [-0.3, -0.25) is 0 Å². The number of anilines is 1. The minimum Gasteiger partial charge on any atom is -0.508 e. The lowest BCUT2D eigenvalue weighted by atomic mass is 10.2. The molecule has 4 heteroatoms. The van der Waals surface area contributed by atoms with E-state index in [2.05, 4.69) is 21.2 Å². The molecule has 0 saturated carbocycles. The highest BCUT2D eigenvalue weighted by Gasteiger charge is 2.03. The number of aromatic hydroxyl groups is 1. The lowest BCUT2D eigenvalue weighted by Crippen LogP contribution is -2.00. The molecule has 0 atom stereocenters. The quantitative estimate of drug-likeness (QED) is 0.854. The molecule has 0 aliphatic carbocycles. The van der Waals surface area contributed by atoms with Gasteiger partial charge in [0.25, 0.3) is 0 Å². The van der Waals surface area contributed by atoms with Gasteiger partial charge >= 0.3 is 0 Å². The van der Waals surface area contributed by atoms with Gasteiger partial charge in [0.1, 0.15) is 5.75 Å². The number of benzene rings is 2. The zero-order valence-corrected chi connectivity index (χ0v) is 12.2. The minimum absolute atomic E-state index is 0.249. The van der Waals surface area contributed by atoms with Crippen LogP contribution >= 0.6 is 27.5 Å². The fourth-order valence-electron chi connectivity index (χ4n) is 1.73. The third-order valence-corrected chi connectivity index (χ3v) is 3.26. The smallest absolute Gasteiger partial charge is 0.120 e. The lowest BCUT2D eigenvalue weighted by molar-refractivity contribution is 0.469. The molecule has 0 spiro atoms. The Balaban J connectivity index is 2.13. The number of hydrogen-bond donors (Lipinski definition) is 2. The molecular weight excluding hydrogens is 314 g/mol. The van der Waals surface area contributed by atoms with E-state index in [-0.39, 0.29) is 5.75 Å². The number of hydrogen-bond acceptors (Lipinski definition) is 2. The molecule has 0 heterocycles. The van der Waals surface area contributed by atoms with Crippen LogP contribution in [0.4, 0.5) is 5.69 Å². The molecule has 0 radical (unpaired) electrons. The summed E-state index contributed by atoms with van der Waals surface area (Å²) in [4.78, 5) is 0. The Morgan fingerprint density at radius 1 is 1.22 bits per heavy atom. The number of rotatable bonds is 3. The molecule has 2 aromatic rings. The molecule has 0 saturated heterocycles. The Morgan fingerprint density at radius 3 is 2.72 bits per heavy atom. The third-order valence-electron chi connectivity index (χ3n) is 2.57. The van der Waals surface area contributed by atoms with Crippen LogP contribution in [0.3, 0.4) is 0 Å². The number of phenolic OH excluding ortho intramolecular Hbond substituents is 1. The molecule has 2 N–H and O–H groups in total. The van der Waals surface area contributed by atoms with Crippen molar-refractivity contribution in [1.82, 2.24) is 0 Å². The number of phenols is 1. The van der Waals surface area contributed by atoms with Crippen molar-refractivity contribution in [3.63, 3.8) is 0 Å². The molecule has 0 aliphatic heterocycles. The third kappa shape index (κ3) is 3.40. The maximum absolute atomic E-state index is 9.71. The van der Waals surface area contributed by atoms with Gasteiger partial charge in [-0.25, -0.2) is 0 Å². The summed E-state index contributed by atoms with van der Waals surface area (Å²) >= 11 is 9.36. The molecule has 0 fully saturated rings. The summed E-state index contributed by atoms with van der Waals surface area (Å²) in [6.45, 7) is 2.56. The second kappa shape index (κ2) is 5.63. The van der Waals surface area contributed by atoms with E-state index in [0.717, 1.165) is 15.7 Å². The van der Waals surface area contributed by atoms with E-state index < -0.39 is 0 Å². The van der Waals surface area contributed by atoms with Crippen LogP contribution in [0.1, 0.15) is 11.1 Å². The molecule has 0 bridgehead atoms. The number of nitrogens with one attached hydrogen (secondary N) is 1. The summed E-state index contributed by atoms with van der Waals surface area (Å²) < 4.78 is 1.03. The van der Waals surface area contributed by atoms with Crippen LogP contribution in [-0.4, -0.2) is 5.11 Å². The van der Waals surface area contributed by atoms with Crippen molar-refractivity contribution >= 4 is 33.2 Å². The van der Waals surface area contributed by atoms with Gasteiger partial charge < -0.3 is 10.4 Å². The van der Waals surface area contributed by atoms with Gasteiger partial charge in [0.2, 0.25) is 0 Å². The van der Waals surface area contributed by atoms with Crippen molar-refractivity contribution in [2.45, 2.75) is 13.5 Å². The molecule has 94 valence electrons. The van der Waals surface area contributed by atoms with Crippen LogP contribution in [0.15, 0.2) is 40.9 Å². The summed E-state index contributed by atoms with van der Waals surface area (Å²) in [7, 11) is 0. The highest BCUT2D eigenvalue weighted by Crippen LogP contribution is 2.24. The molecule has 2 rings (SSSR count). The Morgan fingerprint density at radius 2 is 2.00 bits per heavy atom. The maximum Gasteiger partial charge on any atom is 0.120 e. The van der Waals surface area contributed by atoms with Gasteiger partial charge in [-0.15, -0.1) is 0 Å². The number of halogens is 2. The molecular formula is C14H13BrClNO. The molecule has 0 unspecified atom stereocenters. The second-order valence-corrected chi connectivity index (χ2v) is 5.50. The summed E-state index contributed by atoms with van der Waals surface area (Å²) in [6.07, 6.45) is 0. The summed E-state index contributed by atoms with van der Waals surface area (Å²) in [5, 5.41) is 13.6. The van der Waals surface area contributed by atoms with Crippen molar-refractivity contribution in [3.8, 4) is 5.75 Å². The largest absolute Gasteiger partial charge is 0.508 e. The van der Waals surface area contributed by atoms with Crippen LogP contribution in [0.2, 0.25) is 5.02 Å². The zero-order chi connectivity index (χ0) is 13.1. The van der Waals surface area contributed by atoms with Crippen LogP contribution in [0.5, 0.6) is 5.75 Å². The second-order valence-electron chi connectivity index (χ2n) is 4.14. The van der Waals surface area contributed by atoms with Crippen LogP contribution < -0.4 is 5.32 Å². The first-order chi connectivity index (χ1) is 8.54. The summed E-state index contributed by atoms with van der Waals surface area (Å²) in [6, 6.07) is 11.1. The average Bonchev–Trinajstić information content (AvgIpc) is 2.29. The molecule has 2 nitrogen and oxygen atoms in total. The Labute approximate surface area is 120 Å². The van der Waals surface area contributed by atoms with Crippen LogP contribution in [0.25, 0.3) is 0 Å². The van der Waals surface area contributed by atoms with Gasteiger partial charge in [0.15, 0.2) is 0 Å². The highest BCUT2D eigenvalue weighted by atomic mass is 79.9. The normalized spacial score (nSPS) is 10.4. The Hall–Kier alpha value is -1.19. The van der Waals surface area contributed by atoms with Crippen molar-refractivity contribution in [2.75, 3.05) is 5.32 Å². The Kier molecular flexibility index (Phi) is 4.15. The summed E-state index contributed by atoms with van der Waals surface area (Å²) in [5.41, 5.74) is 2.95. The molecule has 0 amide bonds. The van der Waals surface area contributed by atoms with E-state index in [1.807, 2.05) is 25.1 Å². The standard InChI is InChI=1S/C14H13BrClNO/c1-9-4-11(15)7-13(5-9)17-8-10-6-12(16)2-3-14(10)18/h2-7,17-18H,8H2,1H3. The average molecular weight is 327 g/mol. The van der Waals surface area contributed by atoms with Gasteiger partial charge in [-0.2, -0.15) is 0 Å². The van der Waals surface area contributed by atoms with Gasteiger partial charge in [-0.05, 0) is 48.9 Å². The first-order valence-corrected chi connectivity index (χ1v) is 6.70. The van der Waals surface area contributed by atoms with Crippen molar-refractivity contribution in [3.05, 3.63) is 57.0 Å².